The van der Waals surface area contributed by atoms with Crippen LogP contribution in [-0.4, -0.2) is 6.54 Å². The fourth-order valence-corrected chi connectivity index (χ4v) is 3.17. The maximum Gasteiger partial charge on any atom is 0.0374 e. The summed E-state index contributed by atoms with van der Waals surface area (Å²) in [6.45, 7) is 5.82. The lowest BCUT2D eigenvalue weighted by Gasteiger charge is -2.35. The third-order valence-electron chi connectivity index (χ3n) is 4.17. The average molecular weight is 231 g/mol. The molecule has 1 aliphatic rings. The summed E-state index contributed by atoms with van der Waals surface area (Å²) in [6.07, 6.45) is 6.73. The number of rotatable bonds is 5. The molecule has 0 aromatic heterocycles. The van der Waals surface area contributed by atoms with Crippen molar-refractivity contribution in [3.63, 3.8) is 0 Å². The van der Waals surface area contributed by atoms with Gasteiger partial charge in [-0.2, -0.15) is 0 Å². The molecule has 1 aromatic carbocycles. The zero-order valence-corrected chi connectivity index (χ0v) is 11.2. The van der Waals surface area contributed by atoms with Gasteiger partial charge in [0.25, 0.3) is 0 Å². The van der Waals surface area contributed by atoms with Crippen molar-refractivity contribution in [1.82, 2.24) is 5.32 Å². The minimum Gasteiger partial charge on any atom is -0.309 e. The van der Waals surface area contributed by atoms with Gasteiger partial charge in [-0.1, -0.05) is 57.0 Å². The molecular formula is C16H25N. The van der Waals surface area contributed by atoms with Crippen molar-refractivity contribution in [2.24, 2.45) is 5.41 Å². The van der Waals surface area contributed by atoms with Crippen LogP contribution in [0, 0.1) is 5.41 Å². The first-order valence-corrected chi connectivity index (χ1v) is 7.04. The van der Waals surface area contributed by atoms with Crippen molar-refractivity contribution in [1.29, 1.82) is 0 Å². The van der Waals surface area contributed by atoms with Gasteiger partial charge in [-0.25, -0.2) is 0 Å². The minimum atomic E-state index is 0.455. The number of nitrogens with one attached hydrogen (secondary N) is 1. The molecular weight excluding hydrogens is 206 g/mol. The van der Waals surface area contributed by atoms with Gasteiger partial charge in [0.05, 0.1) is 0 Å². The van der Waals surface area contributed by atoms with Crippen molar-refractivity contribution >= 4 is 0 Å². The second-order valence-electron chi connectivity index (χ2n) is 5.66. The topological polar surface area (TPSA) is 12.0 Å². The van der Waals surface area contributed by atoms with Gasteiger partial charge in [-0.05, 0) is 36.8 Å². The van der Waals surface area contributed by atoms with Gasteiger partial charge in [0.1, 0.15) is 0 Å². The van der Waals surface area contributed by atoms with Crippen LogP contribution in [0.2, 0.25) is 0 Å². The Kier molecular flexibility index (Phi) is 4.22. The van der Waals surface area contributed by atoms with Crippen LogP contribution in [-0.2, 0) is 0 Å². The molecule has 1 fully saturated rings. The molecule has 1 unspecified atom stereocenters. The van der Waals surface area contributed by atoms with E-state index in [4.69, 9.17) is 0 Å². The lowest BCUT2D eigenvalue weighted by Crippen LogP contribution is -2.34. The molecule has 0 spiro atoms. The molecule has 1 N–H and O–H groups in total. The average Bonchev–Trinajstić information content (AvgIpc) is 2.79. The first-order valence-electron chi connectivity index (χ1n) is 7.04. The Bertz CT molecular complexity index is 325. The molecule has 0 radical (unpaired) electrons. The Balaban J connectivity index is 2.18. The highest BCUT2D eigenvalue weighted by molar-refractivity contribution is 5.21. The predicted molar refractivity (Wildman–Crippen MR) is 74.1 cm³/mol. The van der Waals surface area contributed by atoms with E-state index in [-0.39, 0.29) is 0 Å². The molecule has 1 aromatic rings. The maximum absolute atomic E-state index is 3.77. The molecule has 17 heavy (non-hydrogen) atoms. The summed E-state index contributed by atoms with van der Waals surface area (Å²) in [5.74, 6) is 0. The molecule has 1 aliphatic carbocycles. The molecule has 1 nitrogen and oxygen atoms in total. The van der Waals surface area contributed by atoms with E-state index in [2.05, 4.69) is 49.5 Å². The largest absolute Gasteiger partial charge is 0.309 e. The van der Waals surface area contributed by atoms with E-state index < -0.39 is 0 Å². The van der Waals surface area contributed by atoms with Crippen LogP contribution >= 0.6 is 0 Å². The highest BCUT2D eigenvalue weighted by Gasteiger charge is 2.37. The summed E-state index contributed by atoms with van der Waals surface area (Å²) >= 11 is 0. The van der Waals surface area contributed by atoms with Crippen LogP contribution in [0.3, 0.4) is 0 Å². The van der Waals surface area contributed by atoms with Gasteiger partial charge in [0, 0.05) is 6.04 Å². The maximum atomic E-state index is 3.77. The Hall–Kier alpha value is -0.820. The van der Waals surface area contributed by atoms with E-state index in [1.165, 1.54) is 37.7 Å². The second kappa shape index (κ2) is 5.68. The first-order chi connectivity index (χ1) is 8.26. The van der Waals surface area contributed by atoms with Crippen LogP contribution in [0.5, 0.6) is 0 Å². The van der Waals surface area contributed by atoms with E-state index in [9.17, 15) is 0 Å². The quantitative estimate of drug-likeness (QED) is 0.796. The Morgan fingerprint density at radius 3 is 2.41 bits per heavy atom. The molecule has 1 saturated carbocycles. The number of hydrogen-bond acceptors (Lipinski definition) is 1. The van der Waals surface area contributed by atoms with Gasteiger partial charge in [-0.15, -0.1) is 0 Å². The molecule has 1 atom stereocenters. The Labute approximate surface area is 106 Å². The Morgan fingerprint density at radius 1 is 1.18 bits per heavy atom. The highest BCUT2D eigenvalue weighted by Crippen LogP contribution is 2.47. The highest BCUT2D eigenvalue weighted by atomic mass is 14.9. The summed E-state index contributed by atoms with van der Waals surface area (Å²) in [5, 5.41) is 3.77. The van der Waals surface area contributed by atoms with Gasteiger partial charge in [0.15, 0.2) is 0 Å². The minimum absolute atomic E-state index is 0.455. The third kappa shape index (κ3) is 2.90. The van der Waals surface area contributed by atoms with Crippen LogP contribution in [0.1, 0.15) is 57.6 Å². The SMILES string of the molecule is CCCNC(c1ccccc1)C1(C)CCCC1. The molecule has 1 heteroatoms. The van der Waals surface area contributed by atoms with Crippen molar-refractivity contribution in [2.45, 2.75) is 52.0 Å². The van der Waals surface area contributed by atoms with Crippen molar-refractivity contribution in [2.75, 3.05) is 6.54 Å². The lowest BCUT2D eigenvalue weighted by atomic mass is 9.77. The smallest absolute Gasteiger partial charge is 0.0374 e. The normalized spacial score (nSPS) is 20.4. The molecule has 0 aliphatic heterocycles. The van der Waals surface area contributed by atoms with Gasteiger partial charge >= 0.3 is 0 Å². The molecule has 0 amide bonds. The van der Waals surface area contributed by atoms with Crippen molar-refractivity contribution in [3.8, 4) is 0 Å². The summed E-state index contributed by atoms with van der Waals surface area (Å²) in [6, 6.07) is 11.5. The summed E-state index contributed by atoms with van der Waals surface area (Å²) in [5.41, 5.74) is 1.92. The van der Waals surface area contributed by atoms with Crippen LogP contribution < -0.4 is 5.32 Å². The zero-order valence-electron chi connectivity index (χ0n) is 11.2. The summed E-state index contributed by atoms with van der Waals surface area (Å²) < 4.78 is 0. The van der Waals surface area contributed by atoms with E-state index in [1.54, 1.807) is 0 Å². The fraction of sp³-hybridized carbons (Fsp3) is 0.625. The van der Waals surface area contributed by atoms with Crippen LogP contribution in [0.15, 0.2) is 30.3 Å². The number of benzene rings is 1. The molecule has 0 saturated heterocycles. The second-order valence-corrected chi connectivity index (χ2v) is 5.66. The first kappa shape index (κ1) is 12.6. The van der Waals surface area contributed by atoms with Crippen molar-refractivity contribution < 1.29 is 0 Å². The standard InChI is InChI=1S/C16H25N/c1-3-13-17-15(14-9-5-4-6-10-14)16(2)11-7-8-12-16/h4-6,9-10,15,17H,3,7-8,11-13H2,1-2H3. The van der Waals surface area contributed by atoms with Crippen LogP contribution in [0.4, 0.5) is 0 Å². The van der Waals surface area contributed by atoms with E-state index in [1.807, 2.05) is 0 Å². The molecule has 2 rings (SSSR count). The summed E-state index contributed by atoms with van der Waals surface area (Å²) in [4.78, 5) is 0. The van der Waals surface area contributed by atoms with Gasteiger partial charge in [0.2, 0.25) is 0 Å². The number of hydrogen-bond donors (Lipinski definition) is 1. The van der Waals surface area contributed by atoms with Crippen molar-refractivity contribution in [3.05, 3.63) is 35.9 Å². The Morgan fingerprint density at radius 2 is 1.82 bits per heavy atom. The van der Waals surface area contributed by atoms with E-state index in [0.29, 0.717) is 11.5 Å². The molecule has 0 bridgehead atoms. The molecule has 94 valence electrons. The van der Waals surface area contributed by atoms with Crippen LogP contribution in [0.25, 0.3) is 0 Å². The van der Waals surface area contributed by atoms with E-state index >= 15 is 0 Å². The predicted octanol–water partition coefficient (Wildman–Crippen LogP) is 4.31. The fourth-order valence-electron chi connectivity index (χ4n) is 3.17. The monoisotopic (exact) mass is 231 g/mol. The van der Waals surface area contributed by atoms with Gasteiger partial charge in [-0.3, -0.25) is 0 Å². The van der Waals surface area contributed by atoms with Gasteiger partial charge < -0.3 is 5.32 Å². The van der Waals surface area contributed by atoms with E-state index in [0.717, 1.165) is 6.54 Å². The summed E-state index contributed by atoms with van der Waals surface area (Å²) in [7, 11) is 0. The molecule has 0 heterocycles. The third-order valence-corrected chi connectivity index (χ3v) is 4.17. The lowest BCUT2D eigenvalue weighted by molar-refractivity contribution is 0.223. The zero-order chi connectivity index (χ0) is 12.1.